The van der Waals surface area contributed by atoms with Crippen molar-refractivity contribution in [3.8, 4) is 55.6 Å². The van der Waals surface area contributed by atoms with Gasteiger partial charge in [-0.3, -0.25) is 0 Å². The molecule has 1 aliphatic rings. The molecule has 0 aromatic heterocycles. The van der Waals surface area contributed by atoms with Gasteiger partial charge in [0, 0.05) is 38.5 Å². The van der Waals surface area contributed by atoms with Gasteiger partial charge in [-0.25, -0.2) is 0 Å². The Morgan fingerprint density at radius 3 is 0.924 bits per heavy atom. The Morgan fingerprint density at radius 2 is 0.582 bits per heavy atom. The predicted molar refractivity (Wildman–Crippen MR) is 345 cm³/mol. The molecule has 13 rings (SSSR count). The molecule has 4 heteroatoms. The van der Waals surface area contributed by atoms with Crippen molar-refractivity contribution in [1.29, 1.82) is 0 Å². The lowest BCUT2D eigenvalue weighted by atomic mass is 9.95. The van der Waals surface area contributed by atoms with Crippen LogP contribution in [-0.2, 0) is 4.66 Å². The summed E-state index contributed by atoms with van der Waals surface area (Å²) in [6.45, 7) is 15.9. The molecule has 0 saturated carbocycles. The first kappa shape index (κ1) is 49.7. The second kappa shape index (κ2) is 19.9. The number of rotatable bonds is 12. The van der Waals surface area contributed by atoms with Crippen molar-refractivity contribution < 1.29 is 0 Å². The van der Waals surface area contributed by atoms with Gasteiger partial charge < -0.3 is 9.80 Å². The molecule has 0 bridgehead atoms. The molecule has 12 aromatic carbocycles. The van der Waals surface area contributed by atoms with Crippen LogP contribution in [0.1, 0.15) is 11.1 Å². The lowest BCUT2D eigenvalue weighted by molar-refractivity contribution is 0.972. The summed E-state index contributed by atoms with van der Waals surface area (Å²) in [5, 5.41) is 5.27. The van der Waals surface area contributed by atoms with Crippen molar-refractivity contribution in [3.05, 3.63) is 290 Å². The number of fused-ring (bicyclic) bond motifs is 7. The molecule has 382 valence electrons. The summed E-state index contributed by atoms with van der Waals surface area (Å²) in [6, 6.07) is 103. The molecule has 0 unspecified atom stereocenters. The number of nitrogens with zero attached hydrogens (tertiary/aromatic N) is 2. The van der Waals surface area contributed by atoms with Crippen LogP contribution in [-0.4, -0.2) is 16.1 Å². The van der Waals surface area contributed by atoms with Crippen LogP contribution in [0.25, 0.3) is 77.2 Å². The fourth-order valence-electron chi connectivity index (χ4n) is 13.7. The third kappa shape index (κ3) is 8.55. The van der Waals surface area contributed by atoms with E-state index in [1.807, 2.05) is 0 Å². The van der Waals surface area contributed by atoms with Gasteiger partial charge in [0.2, 0.25) is 0 Å². The van der Waals surface area contributed by atoms with E-state index < -0.39 is 16.1 Å². The molecule has 2 nitrogen and oxygen atoms in total. The van der Waals surface area contributed by atoms with E-state index in [4.69, 9.17) is 0 Å². The Bertz CT molecular complexity index is 3910. The molecular weight excluding hydrogens is 985 g/mol. The molecule has 0 aliphatic heterocycles. The monoisotopic (exact) mass is 1050 g/mol. The van der Waals surface area contributed by atoms with Gasteiger partial charge in [-0.2, -0.15) is 0 Å². The molecule has 1 aliphatic carbocycles. The minimum Gasteiger partial charge on any atom is -0.310 e. The lowest BCUT2D eigenvalue weighted by Gasteiger charge is -2.52. The van der Waals surface area contributed by atoms with Gasteiger partial charge in [-0.15, -0.1) is 0 Å². The Morgan fingerprint density at radius 1 is 0.253 bits per heavy atom. The summed E-state index contributed by atoms with van der Waals surface area (Å²) in [4.78, 5) is 4.93. The quantitative estimate of drug-likeness (QED) is 0.113. The molecule has 79 heavy (non-hydrogen) atoms. The van der Waals surface area contributed by atoms with Gasteiger partial charge in [0.05, 0.1) is 27.5 Å². The molecule has 0 spiro atoms. The van der Waals surface area contributed by atoms with Gasteiger partial charge in [-0.05, 0) is 150 Å². The van der Waals surface area contributed by atoms with Gasteiger partial charge in [-0.1, -0.05) is 246 Å². The second-order valence-corrected chi connectivity index (χ2v) is 34.3. The third-order valence-corrected chi connectivity index (χ3v) is 26.7. The van der Waals surface area contributed by atoms with Gasteiger partial charge in [0.15, 0.2) is 0 Å². The minimum absolute atomic E-state index is 0.119. The van der Waals surface area contributed by atoms with Crippen molar-refractivity contribution >= 4 is 71.8 Å². The summed E-state index contributed by atoms with van der Waals surface area (Å²) < 4.78 is -0.119. The highest BCUT2D eigenvalue weighted by Gasteiger charge is 2.60. The van der Waals surface area contributed by atoms with E-state index >= 15 is 0 Å². The molecule has 0 saturated heterocycles. The van der Waals surface area contributed by atoms with Crippen LogP contribution in [0.4, 0.5) is 34.1 Å². The van der Waals surface area contributed by atoms with Crippen molar-refractivity contribution in [3.63, 3.8) is 0 Å². The van der Waals surface area contributed by atoms with E-state index in [1.165, 1.54) is 77.2 Å². The standard InChI is InChI=1S/C75H64N2Si2/c1-78(2,3)75(79(4,5)6)73-65-45-41-63(76(61-33-21-11-22-34-61)71-47-39-57(53-25-13-7-14-26-53)51-69(71)55-29-17-9-18-30-55)49-59(65)37-43-67(73)68-44-38-60-50-64(42-46-66(60)74(68)75)77(62-35-23-12-24-36-62)72-48-40-58(54-27-15-8-16-28-54)52-70(72)56-31-19-10-20-32-56/h7-52H,1-6H3. The van der Waals surface area contributed by atoms with E-state index in [9.17, 15) is 0 Å². The van der Waals surface area contributed by atoms with Crippen LogP contribution in [0.15, 0.2) is 279 Å². The first-order chi connectivity index (χ1) is 38.5. The molecule has 0 N–H and O–H groups in total. The lowest BCUT2D eigenvalue weighted by Crippen LogP contribution is -2.63. The molecule has 0 amide bonds. The highest BCUT2D eigenvalue weighted by atomic mass is 28.4. The molecular formula is C75H64N2Si2. The van der Waals surface area contributed by atoms with Crippen molar-refractivity contribution in [2.24, 2.45) is 0 Å². The first-order valence-corrected chi connectivity index (χ1v) is 34.8. The summed E-state index contributed by atoms with van der Waals surface area (Å²) in [6.07, 6.45) is 0. The van der Waals surface area contributed by atoms with Crippen LogP contribution in [0.5, 0.6) is 0 Å². The van der Waals surface area contributed by atoms with Crippen LogP contribution < -0.4 is 9.80 Å². The fraction of sp³-hybridized carbons (Fsp3) is 0.0933. The zero-order valence-electron chi connectivity index (χ0n) is 46.0. The van der Waals surface area contributed by atoms with E-state index in [0.29, 0.717) is 0 Å². The summed E-state index contributed by atoms with van der Waals surface area (Å²) in [5.74, 6) is 0. The average molecular weight is 1050 g/mol. The largest absolute Gasteiger partial charge is 0.310 e. The van der Waals surface area contributed by atoms with Crippen LogP contribution >= 0.6 is 0 Å². The average Bonchev–Trinajstić information content (AvgIpc) is 1.90. The van der Waals surface area contributed by atoms with Crippen LogP contribution in [0, 0.1) is 0 Å². The third-order valence-electron chi connectivity index (χ3n) is 16.7. The summed E-state index contributed by atoms with van der Waals surface area (Å²) in [7, 11) is -4.29. The molecule has 0 fully saturated rings. The van der Waals surface area contributed by atoms with Crippen LogP contribution in [0.2, 0.25) is 39.3 Å². The van der Waals surface area contributed by atoms with Crippen molar-refractivity contribution in [2.45, 2.75) is 43.9 Å². The SMILES string of the molecule is C[Si](C)(C)C1([Si](C)(C)C)c2c(ccc3cc(N(c4ccccc4)c4ccc(-c5ccccc5)cc4-c4ccccc4)ccc23)-c2ccc3cc(N(c4ccccc4)c4ccc(-c5ccccc5)cc4-c4ccccc4)ccc3c21. The summed E-state index contributed by atoms with van der Waals surface area (Å²) in [5.41, 5.74) is 22.2. The molecule has 12 aromatic rings. The molecule has 0 heterocycles. The maximum atomic E-state index is 2.65. The van der Waals surface area contributed by atoms with Crippen LogP contribution in [0.3, 0.4) is 0 Å². The van der Waals surface area contributed by atoms with E-state index in [2.05, 4.69) is 328 Å². The predicted octanol–water partition coefficient (Wildman–Crippen LogP) is 21.6. The normalized spacial score (nSPS) is 12.8. The second-order valence-electron chi connectivity index (χ2n) is 23.3. The van der Waals surface area contributed by atoms with Gasteiger partial charge >= 0.3 is 0 Å². The maximum Gasteiger partial charge on any atom is 0.0579 e. The highest BCUT2D eigenvalue weighted by Crippen LogP contribution is 2.62. The Hall–Kier alpha value is -8.81. The zero-order chi connectivity index (χ0) is 53.9. The molecule has 0 radical (unpaired) electrons. The van der Waals surface area contributed by atoms with E-state index in [1.54, 1.807) is 11.1 Å². The van der Waals surface area contributed by atoms with Gasteiger partial charge in [0.1, 0.15) is 0 Å². The molecule has 0 atom stereocenters. The first-order valence-electron chi connectivity index (χ1n) is 27.8. The van der Waals surface area contributed by atoms with E-state index in [0.717, 1.165) is 34.1 Å². The Labute approximate surface area is 468 Å². The van der Waals surface area contributed by atoms with Gasteiger partial charge in [0.25, 0.3) is 0 Å². The number of anilines is 6. The highest BCUT2D eigenvalue weighted by molar-refractivity contribution is 7.00. The number of hydrogen-bond donors (Lipinski definition) is 0. The maximum absolute atomic E-state index is 2.65. The fourth-order valence-corrected chi connectivity index (χ4v) is 26.8. The number of hydrogen-bond acceptors (Lipinski definition) is 2. The number of benzene rings is 12. The Kier molecular flexibility index (Phi) is 12.5. The number of para-hydroxylation sites is 2. The topological polar surface area (TPSA) is 6.48 Å². The van der Waals surface area contributed by atoms with E-state index in [-0.39, 0.29) is 4.66 Å². The zero-order valence-corrected chi connectivity index (χ0v) is 48.0. The smallest absolute Gasteiger partial charge is 0.0579 e. The van der Waals surface area contributed by atoms with Crippen molar-refractivity contribution in [1.82, 2.24) is 0 Å². The Balaban J connectivity index is 0.985. The minimum atomic E-state index is -2.14. The summed E-state index contributed by atoms with van der Waals surface area (Å²) >= 11 is 0. The van der Waals surface area contributed by atoms with Crippen molar-refractivity contribution in [2.75, 3.05) is 9.80 Å².